The molecule has 25 heavy (non-hydrogen) atoms. The number of amides is 1. The lowest BCUT2D eigenvalue weighted by Crippen LogP contribution is -2.21. The lowest BCUT2D eigenvalue weighted by Gasteiger charge is -2.14. The fraction of sp³-hybridized carbons (Fsp3) is 0.474. The average Bonchev–Trinajstić information content (AvgIpc) is 3.36. The maximum atomic E-state index is 10.7. The Bertz CT molecular complexity index is 695. The number of primary amides is 1. The normalized spacial score (nSPS) is 14.0. The summed E-state index contributed by atoms with van der Waals surface area (Å²) in [6.45, 7) is 1.39. The van der Waals surface area contributed by atoms with E-state index in [0.29, 0.717) is 0 Å². The molecule has 2 aromatic rings. The van der Waals surface area contributed by atoms with Crippen molar-refractivity contribution in [1.29, 1.82) is 0 Å². The van der Waals surface area contributed by atoms with Gasteiger partial charge in [-0.05, 0) is 51.3 Å². The van der Waals surface area contributed by atoms with Gasteiger partial charge >= 0.3 is 6.09 Å². The Morgan fingerprint density at radius 3 is 2.76 bits per heavy atom. The number of aryl methyl sites for hydroxylation is 1. The summed E-state index contributed by atoms with van der Waals surface area (Å²) in [4.78, 5) is 18.4. The number of nitrogens with two attached hydrogens (primary N) is 1. The molecule has 2 N–H and O–H groups in total. The Morgan fingerprint density at radius 2 is 2.08 bits per heavy atom. The molecule has 1 saturated carbocycles. The van der Waals surface area contributed by atoms with Crippen LogP contribution in [0, 0.1) is 0 Å². The molecule has 0 atom stereocenters. The molecule has 1 fully saturated rings. The number of carbonyl (C=O) groups is 1. The molecule has 0 aliphatic heterocycles. The van der Waals surface area contributed by atoms with E-state index >= 15 is 0 Å². The van der Waals surface area contributed by atoms with Crippen LogP contribution in [-0.4, -0.2) is 35.6 Å². The second kappa shape index (κ2) is 8.45. The summed E-state index contributed by atoms with van der Waals surface area (Å²) in [5.74, 6) is 0. The second-order valence-corrected chi connectivity index (χ2v) is 7.72. The topological polar surface area (TPSA) is 68.5 Å². The first-order valence-electron chi connectivity index (χ1n) is 8.78. The third kappa shape index (κ3) is 5.54. The molecule has 0 saturated heterocycles. The van der Waals surface area contributed by atoms with Gasteiger partial charge in [-0.3, -0.25) is 0 Å². The van der Waals surface area contributed by atoms with Crippen LogP contribution in [0.15, 0.2) is 30.5 Å². The average molecular weight is 359 g/mol. The summed E-state index contributed by atoms with van der Waals surface area (Å²) in [6, 6.07) is 9.45. The number of benzene rings is 1. The number of carbonyl (C=O) groups excluding carboxylic acids is 1. The van der Waals surface area contributed by atoms with Crippen molar-refractivity contribution in [3.63, 3.8) is 0 Å². The van der Waals surface area contributed by atoms with E-state index in [1.54, 1.807) is 6.20 Å². The van der Waals surface area contributed by atoms with Gasteiger partial charge in [0.2, 0.25) is 0 Å². The molecule has 0 spiro atoms. The van der Waals surface area contributed by atoms with Gasteiger partial charge in [0.1, 0.15) is 11.6 Å². The predicted octanol–water partition coefficient (Wildman–Crippen LogP) is 3.82. The quantitative estimate of drug-likeness (QED) is 0.691. The number of ether oxygens (including phenoxy) is 1. The zero-order chi connectivity index (χ0) is 17.6. The van der Waals surface area contributed by atoms with Crippen LogP contribution in [0.3, 0.4) is 0 Å². The van der Waals surface area contributed by atoms with E-state index in [4.69, 9.17) is 10.5 Å². The Balaban J connectivity index is 1.45. The number of unbranched alkanes of at least 4 members (excludes halogenated alkanes) is 1. The molecule has 1 aliphatic rings. The zero-order valence-corrected chi connectivity index (χ0v) is 15.4. The smallest absolute Gasteiger partial charge is 0.404 e. The summed E-state index contributed by atoms with van der Waals surface area (Å²) >= 11 is 1.52. The highest BCUT2D eigenvalue weighted by atomic mass is 32.1. The van der Waals surface area contributed by atoms with Gasteiger partial charge in [0.15, 0.2) is 0 Å². The number of rotatable bonds is 9. The second-order valence-electron chi connectivity index (χ2n) is 6.61. The van der Waals surface area contributed by atoms with Gasteiger partial charge in [-0.1, -0.05) is 24.3 Å². The lowest BCUT2D eigenvalue weighted by atomic mass is 10.1. The van der Waals surface area contributed by atoms with Gasteiger partial charge in [0.05, 0.1) is 4.88 Å². The molecule has 0 bridgehead atoms. The first-order chi connectivity index (χ1) is 12.1. The Kier molecular flexibility index (Phi) is 6.04. The third-order valence-corrected chi connectivity index (χ3v) is 5.53. The van der Waals surface area contributed by atoms with Crippen molar-refractivity contribution in [1.82, 2.24) is 9.88 Å². The van der Waals surface area contributed by atoms with Gasteiger partial charge in [-0.2, -0.15) is 0 Å². The summed E-state index contributed by atoms with van der Waals surface area (Å²) in [6.07, 6.45) is 7.33. The zero-order valence-electron chi connectivity index (χ0n) is 14.6. The van der Waals surface area contributed by atoms with E-state index in [1.807, 2.05) is 0 Å². The number of hydrogen-bond acceptors (Lipinski definition) is 5. The minimum absolute atomic E-state index is 0.181. The van der Waals surface area contributed by atoms with Gasteiger partial charge in [0, 0.05) is 17.8 Å². The van der Waals surface area contributed by atoms with Gasteiger partial charge in [0.25, 0.3) is 0 Å². The molecule has 134 valence electrons. The minimum atomic E-state index is -0.761. The fourth-order valence-corrected chi connectivity index (χ4v) is 3.68. The van der Waals surface area contributed by atoms with Crippen LogP contribution in [0.5, 0.6) is 0 Å². The van der Waals surface area contributed by atoms with Crippen LogP contribution in [0.1, 0.15) is 36.1 Å². The van der Waals surface area contributed by atoms with E-state index in [0.717, 1.165) is 27.9 Å². The highest BCUT2D eigenvalue weighted by Gasteiger charge is 2.25. The van der Waals surface area contributed by atoms with Crippen molar-refractivity contribution >= 4 is 17.4 Å². The largest absolute Gasteiger partial charge is 0.444 e. The minimum Gasteiger partial charge on any atom is -0.444 e. The van der Waals surface area contributed by atoms with E-state index < -0.39 is 6.09 Å². The van der Waals surface area contributed by atoms with Gasteiger partial charge < -0.3 is 15.4 Å². The van der Waals surface area contributed by atoms with Crippen molar-refractivity contribution in [2.45, 2.75) is 44.8 Å². The van der Waals surface area contributed by atoms with Crippen LogP contribution in [0.25, 0.3) is 10.6 Å². The predicted molar refractivity (Wildman–Crippen MR) is 101 cm³/mol. The highest BCUT2D eigenvalue weighted by molar-refractivity contribution is 7.15. The molecular weight excluding hydrogens is 334 g/mol. The number of aromatic nitrogens is 1. The van der Waals surface area contributed by atoms with Crippen LogP contribution in [-0.2, 0) is 17.8 Å². The number of hydrogen-bond donors (Lipinski definition) is 1. The molecule has 1 amide bonds. The van der Waals surface area contributed by atoms with Crippen molar-refractivity contribution in [3.8, 4) is 10.6 Å². The van der Waals surface area contributed by atoms with E-state index in [2.05, 4.69) is 41.2 Å². The molecule has 1 aliphatic carbocycles. The molecule has 3 rings (SSSR count). The number of nitrogens with zero attached hydrogens (tertiary/aromatic N) is 2. The highest BCUT2D eigenvalue weighted by Crippen LogP contribution is 2.27. The maximum absolute atomic E-state index is 10.7. The van der Waals surface area contributed by atoms with Crippen LogP contribution >= 0.6 is 11.3 Å². The molecule has 1 aromatic carbocycles. The monoisotopic (exact) mass is 359 g/mol. The van der Waals surface area contributed by atoms with Crippen molar-refractivity contribution in [3.05, 3.63) is 40.9 Å². The number of thiazole rings is 1. The summed E-state index contributed by atoms with van der Waals surface area (Å²) in [7, 11) is 2.24. The van der Waals surface area contributed by atoms with E-state index in [9.17, 15) is 4.79 Å². The molecule has 5 nitrogen and oxygen atoms in total. The standard InChI is InChI=1S/C19H25N3O2S/c1-22(16-9-10-16)11-3-2-4-14-5-7-15(8-6-14)18-21-12-17(25-18)13-24-19(20)23/h5-8,12,16H,2-4,9-11,13H2,1H3,(H2,20,23). The third-order valence-electron chi connectivity index (χ3n) is 4.51. The van der Waals surface area contributed by atoms with Crippen molar-refractivity contribution in [2.75, 3.05) is 13.6 Å². The van der Waals surface area contributed by atoms with E-state index in [-0.39, 0.29) is 6.61 Å². The van der Waals surface area contributed by atoms with Crippen LogP contribution < -0.4 is 5.73 Å². The van der Waals surface area contributed by atoms with Crippen LogP contribution in [0.2, 0.25) is 0 Å². The Hall–Kier alpha value is -1.92. The Labute approximate surface area is 152 Å². The molecule has 6 heteroatoms. The maximum Gasteiger partial charge on any atom is 0.404 e. The lowest BCUT2D eigenvalue weighted by molar-refractivity contribution is 0.151. The summed E-state index contributed by atoms with van der Waals surface area (Å²) < 4.78 is 4.79. The molecule has 0 radical (unpaired) electrons. The summed E-state index contributed by atoms with van der Waals surface area (Å²) in [5, 5.41) is 0.931. The first-order valence-corrected chi connectivity index (χ1v) is 9.60. The fourth-order valence-electron chi connectivity index (χ4n) is 2.85. The van der Waals surface area contributed by atoms with E-state index in [1.165, 1.54) is 49.1 Å². The summed E-state index contributed by atoms with van der Waals surface area (Å²) in [5.41, 5.74) is 7.44. The molecule has 1 heterocycles. The SMILES string of the molecule is CN(CCCCc1ccc(-c2ncc(COC(N)=O)s2)cc1)C1CC1. The van der Waals surface area contributed by atoms with Crippen LogP contribution in [0.4, 0.5) is 4.79 Å². The van der Waals surface area contributed by atoms with Crippen molar-refractivity contribution < 1.29 is 9.53 Å². The molecule has 0 unspecified atom stereocenters. The van der Waals surface area contributed by atoms with Gasteiger partial charge in [-0.25, -0.2) is 9.78 Å². The van der Waals surface area contributed by atoms with Gasteiger partial charge in [-0.15, -0.1) is 11.3 Å². The molecular formula is C19H25N3O2S. The first kappa shape index (κ1) is 17.9. The Morgan fingerprint density at radius 1 is 1.32 bits per heavy atom. The van der Waals surface area contributed by atoms with Crippen molar-refractivity contribution in [2.24, 2.45) is 5.73 Å². The molecule has 1 aromatic heterocycles.